The summed E-state index contributed by atoms with van der Waals surface area (Å²) >= 11 is 0. The van der Waals surface area contributed by atoms with Crippen LogP contribution in [0.15, 0.2) is 0 Å². The van der Waals surface area contributed by atoms with Gasteiger partial charge >= 0.3 is 6.03 Å². The molecule has 0 aromatic heterocycles. The van der Waals surface area contributed by atoms with E-state index in [1.165, 1.54) is 25.9 Å². The maximum atomic E-state index is 11.6. The summed E-state index contributed by atoms with van der Waals surface area (Å²) in [6.45, 7) is 4.59. The van der Waals surface area contributed by atoms with Crippen LogP contribution in [0.5, 0.6) is 0 Å². The van der Waals surface area contributed by atoms with Crippen LogP contribution in [0.2, 0.25) is 0 Å². The van der Waals surface area contributed by atoms with Gasteiger partial charge in [0.15, 0.2) is 0 Å². The Balaban J connectivity index is 1.53. The third-order valence-corrected chi connectivity index (χ3v) is 3.94. The Labute approximate surface area is 109 Å². The fourth-order valence-corrected chi connectivity index (χ4v) is 2.63. The highest BCUT2D eigenvalue weighted by atomic mass is 16.5. The molecule has 5 nitrogen and oxygen atoms in total. The molecule has 2 aliphatic rings. The van der Waals surface area contributed by atoms with Crippen molar-refractivity contribution in [3.05, 3.63) is 0 Å². The van der Waals surface area contributed by atoms with Crippen LogP contribution >= 0.6 is 0 Å². The van der Waals surface area contributed by atoms with Crippen molar-refractivity contribution >= 4 is 6.03 Å². The van der Waals surface area contributed by atoms with Crippen LogP contribution in [0.25, 0.3) is 0 Å². The molecular weight excluding hydrogens is 230 g/mol. The number of carbonyl (C=O) groups is 1. The maximum absolute atomic E-state index is 11.6. The van der Waals surface area contributed by atoms with Gasteiger partial charge in [0.25, 0.3) is 0 Å². The van der Waals surface area contributed by atoms with Crippen LogP contribution in [0.3, 0.4) is 0 Å². The summed E-state index contributed by atoms with van der Waals surface area (Å²) in [6, 6.07) is 0.159. The van der Waals surface area contributed by atoms with E-state index in [1.807, 2.05) is 0 Å². The van der Waals surface area contributed by atoms with E-state index in [0.29, 0.717) is 6.61 Å². The highest BCUT2D eigenvalue weighted by molar-refractivity contribution is 5.74. The zero-order valence-corrected chi connectivity index (χ0v) is 11.3. The van der Waals surface area contributed by atoms with Crippen molar-refractivity contribution in [1.82, 2.24) is 15.5 Å². The van der Waals surface area contributed by atoms with Crippen molar-refractivity contribution in [3.63, 3.8) is 0 Å². The number of likely N-dealkylation sites (tertiary alicyclic amines) is 1. The molecule has 0 bridgehead atoms. The average molecular weight is 255 g/mol. The standard InChI is InChI=1S/C13H25N3O2/c1-16-7-3-11(4-8-16)2-6-14-13(17)15-12-5-9-18-10-12/h11-12H,2-10H2,1H3,(H2,14,15,17). The first-order valence-corrected chi connectivity index (χ1v) is 7.04. The number of urea groups is 1. The minimum Gasteiger partial charge on any atom is -0.379 e. The van der Waals surface area contributed by atoms with Gasteiger partial charge in [0.1, 0.15) is 0 Å². The number of amides is 2. The summed E-state index contributed by atoms with van der Waals surface area (Å²) in [5.74, 6) is 0.774. The first-order chi connectivity index (χ1) is 8.74. The lowest BCUT2D eigenvalue weighted by atomic mass is 9.94. The minimum atomic E-state index is -0.0431. The zero-order chi connectivity index (χ0) is 12.8. The molecule has 0 radical (unpaired) electrons. The Morgan fingerprint density at radius 3 is 2.78 bits per heavy atom. The lowest BCUT2D eigenvalue weighted by molar-refractivity contribution is 0.188. The maximum Gasteiger partial charge on any atom is 0.315 e. The Kier molecular flexibility index (Phi) is 5.26. The van der Waals surface area contributed by atoms with Gasteiger partial charge in [0, 0.05) is 13.2 Å². The first-order valence-electron chi connectivity index (χ1n) is 7.04. The molecule has 0 saturated carbocycles. The summed E-state index contributed by atoms with van der Waals surface area (Å²) in [4.78, 5) is 14.0. The summed E-state index contributed by atoms with van der Waals surface area (Å²) in [6.07, 6.45) is 4.55. The van der Waals surface area contributed by atoms with Crippen LogP contribution in [-0.4, -0.2) is 56.9 Å². The van der Waals surface area contributed by atoms with Gasteiger partial charge in [-0.15, -0.1) is 0 Å². The second-order valence-electron chi connectivity index (χ2n) is 5.50. The second-order valence-corrected chi connectivity index (χ2v) is 5.50. The fourth-order valence-electron chi connectivity index (χ4n) is 2.63. The number of ether oxygens (including phenoxy) is 1. The van der Waals surface area contributed by atoms with Gasteiger partial charge < -0.3 is 20.3 Å². The monoisotopic (exact) mass is 255 g/mol. The van der Waals surface area contributed by atoms with Crippen molar-refractivity contribution in [2.45, 2.75) is 31.7 Å². The molecule has 2 heterocycles. The Morgan fingerprint density at radius 2 is 2.11 bits per heavy atom. The van der Waals surface area contributed by atoms with Crippen LogP contribution < -0.4 is 10.6 Å². The molecule has 2 saturated heterocycles. The fraction of sp³-hybridized carbons (Fsp3) is 0.923. The predicted octanol–water partition coefficient (Wildman–Crippen LogP) is 0.806. The summed E-state index contributed by atoms with van der Waals surface area (Å²) in [7, 11) is 2.17. The van der Waals surface area contributed by atoms with E-state index in [2.05, 4.69) is 22.6 Å². The van der Waals surface area contributed by atoms with E-state index in [-0.39, 0.29) is 12.1 Å². The van der Waals surface area contributed by atoms with Crippen molar-refractivity contribution in [2.75, 3.05) is 39.9 Å². The molecule has 104 valence electrons. The van der Waals surface area contributed by atoms with Crippen molar-refractivity contribution in [2.24, 2.45) is 5.92 Å². The zero-order valence-electron chi connectivity index (χ0n) is 11.3. The highest BCUT2D eigenvalue weighted by Gasteiger charge is 2.18. The Bertz CT molecular complexity index is 259. The first kappa shape index (κ1) is 13.6. The van der Waals surface area contributed by atoms with Crippen LogP contribution in [0.1, 0.15) is 25.7 Å². The lowest BCUT2D eigenvalue weighted by Crippen LogP contribution is -2.43. The second kappa shape index (κ2) is 6.95. The van der Waals surface area contributed by atoms with E-state index >= 15 is 0 Å². The minimum absolute atomic E-state index is 0.0431. The summed E-state index contributed by atoms with van der Waals surface area (Å²) in [5.41, 5.74) is 0. The smallest absolute Gasteiger partial charge is 0.315 e. The van der Waals surface area contributed by atoms with Gasteiger partial charge in [-0.1, -0.05) is 0 Å². The predicted molar refractivity (Wildman–Crippen MR) is 70.6 cm³/mol. The third-order valence-electron chi connectivity index (χ3n) is 3.94. The summed E-state index contributed by atoms with van der Waals surface area (Å²) in [5, 5.41) is 5.89. The number of hydrogen-bond donors (Lipinski definition) is 2. The van der Waals surface area contributed by atoms with Crippen molar-refractivity contribution < 1.29 is 9.53 Å². The van der Waals surface area contributed by atoms with Crippen molar-refractivity contribution in [3.8, 4) is 0 Å². The van der Waals surface area contributed by atoms with Crippen LogP contribution in [-0.2, 0) is 4.74 Å². The molecule has 2 amide bonds. The van der Waals surface area contributed by atoms with Gasteiger partial charge in [-0.3, -0.25) is 0 Å². The molecular formula is C13H25N3O2. The van der Waals surface area contributed by atoms with E-state index in [9.17, 15) is 4.79 Å². The number of rotatable bonds is 4. The van der Waals surface area contributed by atoms with Gasteiger partial charge in [-0.05, 0) is 51.7 Å². The molecule has 0 aromatic rings. The number of nitrogens with one attached hydrogen (secondary N) is 2. The van der Waals surface area contributed by atoms with Crippen molar-refractivity contribution in [1.29, 1.82) is 0 Å². The normalized spacial score (nSPS) is 26.2. The van der Waals surface area contributed by atoms with Gasteiger partial charge in [-0.25, -0.2) is 4.79 Å². The van der Waals surface area contributed by atoms with Gasteiger partial charge in [-0.2, -0.15) is 0 Å². The number of hydrogen-bond acceptors (Lipinski definition) is 3. The largest absolute Gasteiger partial charge is 0.379 e. The topological polar surface area (TPSA) is 53.6 Å². The molecule has 2 rings (SSSR count). The molecule has 0 aromatic carbocycles. The third kappa shape index (κ3) is 4.46. The molecule has 0 aliphatic carbocycles. The Hall–Kier alpha value is -0.810. The summed E-state index contributed by atoms with van der Waals surface area (Å²) < 4.78 is 5.22. The average Bonchev–Trinajstić information content (AvgIpc) is 2.84. The molecule has 18 heavy (non-hydrogen) atoms. The quantitative estimate of drug-likeness (QED) is 0.781. The molecule has 0 spiro atoms. The SMILES string of the molecule is CN1CCC(CCNC(=O)NC2CCOC2)CC1. The number of piperidine rings is 1. The van der Waals surface area contributed by atoms with E-state index in [4.69, 9.17) is 4.74 Å². The molecule has 2 fully saturated rings. The highest BCUT2D eigenvalue weighted by Crippen LogP contribution is 2.18. The Morgan fingerprint density at radius 1 is 1.33 bits per heavy atom. The lowest BCUT2D eigenvalue weighted by Gasteiger charge is -2.28. The van der Waals surface area contributed by atoms with E-state index in [0.717, 1.165) is 31.9 Å². The molecule has 1 atom stereocenters. The van der Waals surface area contributed by atoms with E-state index in [1.54, 1.807) is 0 Å². The van der Waals surface area contributed by atoms with Crippen LogP contribution in [0, 0.1) is 5.92 Å². The van der Waals surface area contributed by atoms with Crippen LogP contribution in [0.4, 0.5) is 4.79 Å². The molecule has 2 N–H and O–H groups in total. The molecule has 5 heteroatoms. The molecule has 1 unspecified atom stereocenters. The number of carbonyl (C=O) groups excluding carboxylic acids is 1. The van der Waals surface area contributed by atoms with Gasteiger partial charge in [0.05, 0.1) is 12.6 Å². The molecule has 2 aliphatic heterocycles. The van der Waals surface area contributed by atoms with Gasteiger partial charge in [0.2, 0.25) is 0 Å². The number of nitrogens with zero attached hydrogens (tertiary/aromatic N) is 1. The van der Waals surface area contributed by atoms with E-state index < -0.39 is 0 Å².